The predicted octanol–water partition coefficient (Wildman–Crippen LogP) is 11.8. The molecule has 10 rings (SSSR count). The molecule has 4 nitrogen and oxygen atoms in total. The average Bonchev–Trinajstić information content (AvgIpc) is 3.75. The number of benzene rings is 7. The maximum Gasteiger partial charge on any atom is 0.167 e. The van der Waals surface area contributed by atoms with E-state index in [0.717, 1.165) is 42.9 Å². The van der Waals surface area contributed by atoms with Crippen LogP contribution < -0.4 is 0 Å². The van der Waals surface area contributed by atoms with E-state index in [9.17, 15) is 0 Å². The molecule has 0 amide bonds. The van der Waals surface area contributed by atoms with E-state index in [-0.39, 0.29) is 0 Å². The average molecular weight is 649 g/mol. The SMILES string of the molecule is c1ccc(-c2nc(-c3ccc4ccc5ccccc5c4c3)nc(-c3c4nc(-c5ccccc5)sc4cc4sc5ccccc5c34)n2)cc1. The van der Waals surface area contributed by atoms with E-state index in [2.05, 4.69) is 121 Å². The molecule has 0 unspecified atom stereocenters. The van der Waals surface area contributed by atoms with Gasteiger partial charge in [0.2, 0.25) is 0 Å². The zero-order chi connectivity index (χ0) is 31.6. The maximum atomic E-state index is 5.30. The number of rotatable bonds is 4. The van der Waals surface area contributed by atoms with Gasteiger partial charge in [0.1, 0.15) is 5.01 Å². The van der Waals surface area contributed by atoms with Gasteiger partial charge in [0.15, 0.2) is 17.5 Å². The minimum absolute atomic E-state index is 0.626. The summed E-state index contributed by atoms with van der Waals surface area (Å²) in [6.07, 6.45) is 0. The highest BCUT2D eigenvalue weighted by atomic mass is 32.1. The van der Waals surface area contributed by atoms with Gasteiger partial charge in [-0.15, -0.1) is 22.7 Å². The van der Waals surface area contributed by atoms with Crippen LogP contribution >= 0.6 is 22.7 Å². The fourth-order valence-electron chi connectivity index (χ4n) is 6.67. The molecule has 3 heterocycles. The lowest BCUT2D eigenvalue weighted by Crippen LogP contribution is -2.01. The van der Waals surface area contributed by atoms with Crippen LogP contribution in [0.5, 0.6) is 0 Å². The van der Waals surface area contributed by atoms with Crippen molar-refractivity contribution in [3.05, 3.63) is 146 Å². The smallest absolute Gasteiger partial charge is 0.167 e. The third-order valence-corrected chi connectivity index (χ3v) is 11.1. The zero-order valence-corrected chi connectivity index (χ0v) is 27.1. The Labute approximate surface area is 283 Å². The highest BCUT2D eigenvalue weighted by Gasteiger charge is 2.23. The summed E-state index contributed by atoms with van der Waals surface area (Å²) in [5.74, 6) is 1.90. The topological polar surface area (TPSA) is 51.6 Å². The lowest BCUT2D eigenvalue weighted by Gasteiger charge is -2.11. The van der Waals surface area contributed by atoms with Crippen LogP contribution in [-0.2, 0) is 0 Å². The van der Waals surface area contributed by atoms with Crippen LogP contribution in [0.2, 0.25) is 0 Å². The molecule has 10 aromatic rings. The molecule has 0 saturated heterocycles. The maximum absolute atomic E-state index is 5.30. The first kappa shape index (κ1) is 27.3. The Morgan fingerprint density at radius 3 is 1.81 bits per heavy atom. The number of hydrogen-bond donors (Lipinski definition) is 0. The minimum atomic E-state index is 0.626. The van der Waals surface area contributed by atoms with Crippen LogP contribution in [0.25, 0.3) is 96.7 Å². The lowest BCUT2D eigenvalue weighted by molar-refractivity contribution is 1.08. The third-order valence-electron chi connectivity index (χ3n) is 8.94. The van der Waals surface area contributed by atoms with Crippen molar-refractivity contribution >= 4 is 74.6 Å². The van der Waals surface area contributed by atoms with E-state index in [1.54, 1.807) is 22.7 Å². The Balaban J connectivity index is 1.29. The number of thiophene rings is 1. The first-order valence-corrected chi connectivity index (χ1v) is 17.4. The molecule has 0 radical (unpaired) electrons. The molecule has 6 heteroatoms. The molecule has 0 aliphatic rings. The van der Waals surface area contributed by atoms with Crippen molar-refractivity contribution in [2.24, 2.45) is 0 Å². The lowest BCUT2D eigenvalue weighted by atomic mass is 9.99. The molecular weight excluding hydrogens is 625 g/mol. The summed E-state index contributed by atoms with van der Waals surface area (Å²) in [6.45, 7) is 0. The van der Waals surface area contributed by atoms with E-state index in [1.807, 2.05) is 24.3 Å². The van der Waals surface area contributed by atoms with Crippen molar-refractivity contribution in [1.82, 2.24) is 19.9 Å². The number of hydrogen-bond acceptors (Lipinski definition) is 6. The Morgan fingerprint density at radius 1 is 0.375 bits per heavy atom. The summed E-state index contributed by atoms with van der Waals surface area (Å²) < 4.78 is 3.54. The van der Waals surface area contributed by atoms with Gasteiger partial charge in [-0.25, -0.2) is 19.9 Å². The molecule has 0 N–H and O–H groups in total. The molecule has 224 valence electrons. The number of aromatic nitrogens is 4. The number of thiazole rings is 1. The third kappa shape index (κ3) is 4.42. The first-order valence-electron chi connectivity index (χ1n) is 15.8. The number of fused-ring (bicyclic) bond motifs is 7. The molecule has 0 aliphatic heterocycles. The van der Waals surface area contributed by atoms with Gasteiger partial charge < -0.3 is 0 Å². The molecule has 0 spiro atoms. The molecule has 0 bridgehead atoms. The predicted molar refractivity (Wildman–Crippen MR) is 203 cm³/mol. The fraction of sp³-hybridized carbons (Fsp3) is 0. The second-order valence-electron chi connectivity index (χ2n) is 11.8. The molecular formula is C42H24N4S2. The van der Waals surface area contributed by atoms with Crippen molar-refractivity contribution in [1.29, 1.82) is 0 Å². The van der Waals surface area contributed by atoms with Crippen LogP contribution in [0, 0.1) is 0 Å². The van der Waals surface area contributed by atoms with Crippen LogP contribution in [-0.4, -0.2) is 19.9 Å². The normalized spacial score (nSPS) is 11.8. The molecule has 0 aliphatic carbocycles. The second-order valence-corrected chi connectivity index (χ2v) is 14.0. The first-order chi connectivity index (χ1) is 23.8. The van der Waals surface area contributed by atoms with Gasteiger partial charge in [0.05, 0.1) is 15.8 Å². The highest BCUT2D eigenvalue weighted by Crippen LogP contribution is 2.46. The summed E-state index contributed by atoms with van der Waals surface area (Å²) in [5, 5.41) is 8.07. The quantitative estimate of drug-likeness (QED) is 0.178. The van der Waals surface area contributed by atoms with Gasteiger partial charge in [-0.1, -0.05) is 127 Å². The molecule has 3 aromatic heterocycles. The van der Waals surface area contributed by atoms with Crippen LogP contribution in [0.1, 0.15) is 0 Å². The van der Waals surface area contributed by atoms with Crippen molar-refractivity contribution in [3.8, 4) is 44.7 Å². The Kier molecular flexibility index (Phi) is 6.19. The van der Waals surface area contributed by atoms with Gasteiger partial charge in [0.25, 0.3) is 0 Å². The summed E-state index contributed by atoms with van der Waals surface area (Å²) in [4.78, 5) is 20.9. The minimum Gasteiger partial charge on any atom is -0.235 e. The molecule has 7 aromatic carbocycles. The summed E-state index contributed by atoms with van der Waals surface area (Å²) in [6, 6.07) is 50.9. The zero-order valence-electron chi connectivity index (χ0n) is 25.5. The second kappa shape index (κ2) is 10.9. The van der Waals surface area contributed by atoms with Gasteiger partial charge in [-0.2, -0.15) is 0 Å². The van der Waals surface area contributed by atoms with Gasteiger partial charge >= 0.3 is 0 Å². The summed E-state index contributed by atoms with van der Waals surface area (Å²) >= 11 is 3.51. The van der Waals surface area contributed by atoms with E-state index >= 15 is 0 Å². The molecule has 0 atom stereocenters. The number of nitrogens with zero attached hydrogens (tertiary/aromatic N) is 4. The monoisotopic (exact) mass is 648 g/mol. The van der Waals surface area contributed by atoms with E-state index in [0.29, 0.717) is 17.5 Å². The van der Waals surface area contributed by atoms with Crippen molar-refractivity contribution in [2.45, 2.75) is 0 Å². The van der Waals surface area contributed by atoms with Gasteiger partial charge in [-0.05, 0) is 39.7 Å². The van der Waals surface area contributed by atoms with E-state index < -0.39 is 0 Å². The van der Waals surface area contributed by atoms with E-state index in [1.165, 1.54) is 36.3 Å². The van der Waals surface area contributed by atoms with Crippen molar-refractivity contribution in [2.75, 3.05) is 0 Å². The molecule has 48 heavy (non-hydrogen) atoms. The largest absolute Gasteiger partial charge is 0.235 e. The Bertz CT molecular complexity index is 2840. The molecule has 0 saturated carbocycles. The van der Waals surface area contributed by atoms with Crippen molar-refractivity contribution in [3.63, 3.8) is 0 Å². The van der Waals surface area contributed by atoms with Crippen LogP contribution in [0.3, 0.4) is 0 Å². The molecule has 0 fully saturated rings. The highest BCUT2D eigenvalue weighted by molar-refractivity contribution is 7.27. The Morgan fingerprint density at radius 2 is 1.00 bits per heavy atom. The van der Waals surface area contributed by atoms with Crippen LogP contribution in [0.4, 0.5) is 0 Å². The summed E-state index contributed by atoms with van der Waals surface area (Å²) in [7, 11) is 0. The van der Waals surface area contributed by atoms with Gasteiger partial charge in [-0.3, -0.25) is 0 Å². The van der Waals surface area contributed by atoms with E-state index in [4.69, 9.17) is 19.9 Å². The standard InChI is InChI=1S/C42H24N4S2/c1-3-12-27(13-4-1)39-44-40(29-22-21-26-20-19-25-11-7-8-16-30(25)32(26)23-29)46-41(45-39)37-36-31-17-9-10-18-33(31)47-34(36)24-35-38(37)43-42(48-35)28-14-5-2-6-15-28/h1-24H. The van der Waals surface area contributed by atoms with Crippen molar-refractivity contribution < 1.29 is 0 Å². The van der Waals surface area contributed by atoms with Gasteiger partial charge in [0, 0.05) is 36.9 Å². The fourth-order valence-corrected chi connectivity index (χ4v) is 8.92. The Hall–Kier alpha value is -5.82. The van der Waals surface area contributed by atoms with Crippen LogP contribution in [0.15, 0.2) is 146 Å². The summed E-state index contributed by atoms with van der Waals surface area (Å²) in [5.41, 5.74) is 4.85.